The second kappa shape index (κ2) is 5.54. The van der Waals surface area contributed by atoms with Gasteiger partial charge < -0.3 is 4.57 Å². The third kappa shape index (κ3) is 2.47. The first-order valence-corrected chi connectivity index (χ1v) is 6.83. The van der Waals surface area contributed by atoms with Crippen molar-refractivity contribution in [2.24, 2.45) is 0 Å². The number of hydrogen-bond donors (Lipinski definition) is 0. The highest BCUT2D eigenvalue weighted by Crippen LogP contribution is 2.24. The van der Waals surface area contributed by atoms with Gasteiger partial charge in [-0.3, -0.25) is 0 Å². The first kappa shape index (κ1) is 12.4. The van der Waals surface area contributed by atoms with Crippen LogP contribution >= 0.6 is 11.6 Å². The highest BCUT2D eigenvalue weighted by atomic mass is 35.5. The van der Waals surface area contributed by atoms with E-state index in [4.69, 9.17) is 11.6 Å². The van der Waals surface area contributed by atoms with Gasteiger partial charge in [0, 0.05) is 18.3 Å². The summed E-state index contributed by atoms with van der Waals surface area (Å²) in [4.78, 5) is 4.68. The van der Waals surface area contributed by atoms with Crippen LogP contribution in [-0.2, 0) is 6.42 Å². The molecule has 0 saturated heterocycles. The summed E-state index contributed by atoms with van der Waals surface area (Å²) in [6.07, 6.45) is 3.20. The summed E-state index contributed by atoms with van der Waals surface area (Å²) in [7, 11) is 0. The molecule has 0 saturated carbocycles. The normalized spacial score (nSPS) is 13.1. The van der Waals surface area contributed by atoms with E-state index in [0.29, 0.717) is 11.9 Å². The van der Waals surface area contributed by atoms with Crippen LogP contribution < -0.4 is 0 Å². The molecule has 0 fully saturated rings. The van der Waals surface area contributed by atoms with Crippen LogP contribution in [-0.4, -0.2) is 15.4 Å². The number of alkyl halides is 1. The molecule has 2 rings (SSSR count). The molecular formula is C14H19ClN2. The van der Waals surface area contributed by atoms with Gasteiger partial charge in [0.25, 0.3) is 0 Å². The Labute approximate surface area is 108 Å². The van der Waals surface area contributed by atoms with Gasteiger partial charge in [-0.1, -0.05) is 25.5 Å². The lowest BCUT2D eigenvalue weighted by atomic mass is 10.2. The van der Waals surface area contributed by atoms with Gasteiger partial charge in [0.05, 0.1) is 11.0 Å². The summed E-state index contributed by atoms with van der Waals surface area (Å²) in [5.41, 5.74) is 2.31. The predicted octanol–water partition coefficient (Wildman–Crippen LogP) is 4.18. The molecule has 0 aliphatic heterocycles. The number of rotatable bonds is 5. The van der Waals surface area contributed by atoms with Gasteiger partial charge in [-0.2, -0.15) is 0 Å². The fourth-order valence-electron chi connectivity index (χ4n) is 2.39. The highest BCUT2D eigenvalue weighted by Gasteiger charge is 2.14. The highest BCUT2D eigenvalue weighted by molar-refractivity contribution is 6.17. The summed E-state index contributed by atoms with van der Waals surface area (Å²) >= 11 is 5.86. The van der Waals surface area contributed by atoms with Crippen molar-refractivity contribution in [3.63, 3.8) is 0 Å². The van der Waals surface area contributed by atoms with Crippen LogP contribution in [0.15, 0.2) is 24.3 Å². The quantitative estimate of drug-likeness (QED) is 0.728. The van der Waals surface area contributed by atoms with Crippen LogP contribution in [0.3, 0.4) is 0 Å². The smallest absolute Gasteiger partial charge is 0.111 e. The van der Waals surface area contributed by atoms with E-state index < -0.39 is 0 Å². The van der Waals surface area contributed by atoms with E-state index in [-0.39, 0.29) is 0 Å². The Balaban J connectivity index is 2.51. The third-order valence-corrected chi connectivity index (χ3v) is 3.32. The second-order valence-electron chi connectivity index (χ2n) is 4.46. The summed E-state index contributed by atoms with van der Waals surface area (Å²) < 4.78 is 2.35. The molecule has 0 bridgehead atoms. The number of aryl methyl sites for hydroxylation is 1. The molecule has 0 amide bonds. The van der Waals surface area contributed by atoms with E-state index >= 15 is 0 Å². The number of halogens is 1. The monoisotopic (exact) mass is 250 g/mol. The van der Waals surface area contributed by atoms with Crippen molar-refractivity contribution in [1.82, 2.24) is 9.55 Å². The second-order valence-corrected chi connectivity index (χ2v) is 4.84. The van der Waals surface area contributed by atoms with E-state index in [1.54, 1.807) is 0 Å². The summed E-state index contributed by atoms with van der Waals surface area (Å²) in [6.45, 7) is 4.48. The van der Waals surface area contributed by atoms with E-state index in [9.17, 15) is 0 Å². The maximum atomic E-state index is 5.86. The van der Waals surface area contributed by atoms with Gasteiger partial charge in [-0.25, -0.2) is 4.98 Å². The van der Waals surface area contributed by atoms with Gasteiger partial charge in [-0.05, 0) is 25.5 Å². The fourth-order valence-corrected chi connectivity index (χ4v) is 2.56. The molecule has 1 heterocycles. The van der Waals surface area contributed by atoms with E-state index in [0.717, 1.165) is 17.8 Å². The molecule has 17 heavy (non-hydrogen) atoms. The lowest BCUT2D eigenvalue weighted by Crippen LogP contribution is -2.09. The van der Waals surface area contributed by atoms with Crippen LogP contribution in [0.5, 0.6) is 0 Å². The van der Waals surface area contributed by atoms with Crippen LogP contribution in [0, 0.1) is 0 Å². The largest absolute Gasteiger partial charge is 0.325 e. The summed E-state index contributed by atoms with van der Waals surface area (Å²) in [5.74, 6) is 1.74. The molecule has 0 N–H and O–H groups in total. The zero-order chi connectivity index (χ0) is 12.3. The molecule has 0 radical (unpaired) electrons. The van der Waals surface area contributed by atoms with Gasteiger partial charge in [-0.15, -0.1) is 11.6 Å². The molecule has 1 aromatic carbocycles. The van der Waals surface area contributed by atoms with E-state index in [1.807, 2.05) is 6.07 Å². The molecule has 0 aliphatic carbocycles. The summed E-state index contributed by atoms with van der Waals surface area (Å²) in [5, 5.41) is 0. The third-order valence-electron chi connectivity index (χ3n) is 3.13. The van der Waals surface area contributed by atoms with Crippen molar-refractivity contribution in [3.05, 3.63) is 30.1 Å². The first-order valence-electron chi connectivity index (χ1n) is 6.29. The zero-order valence-corrected chi connectivity index (χ0v) is 11.2. The number of fused-ring (bicyclic) bond motifs is 1. The van der Waals surface area contributed by atoms with Crippen LogP contribution in [0.2, 0.25) is 0 Å². The van der Waals surface area contributed by atoms with Crippen LogP contribution in [0.25, 0.3) is 11.0 Å². The Morgan fingerprint density at radius 2 is 2.12 bits per heavy atom. The number of aromatic nitrogens is 2. The minimum atomic E-state index is 0.491. The van der Waals surface area contributed by atoms with Gasteiger partial charge in [0.1, 0.15) is 5.82 Å². The maximum Gasteiger partial charge on any atom is 0.111 e. The summed E-state index contributed by atoms with van der Waals surface area (Å²) in [6, 6.07) is 8.82. The molecule has 0 spiro atoms. The van der Waals surface area contributed by atoms with Gasteiger partial charge >= 0.3 is 0 Å². The lowest BCUT2D eigenvalue weighted by molar-refractivity contribution is 0.496. The Hall–Kier alpha value is -1.02. The molecule has 3 heteroatoms. The Kier molecular flexibility index (Phi) is 4.06. The number of benzene rings is 1. The minimum absolute atomic E-state index is 0.491. The van der Waals surface area contributed by atoms with Crippen LogP contribution in [0.4, 0.5) is 0 Å². The molecule has 2 aromatic rings. The first-order chi connectivity index (χ1) is 8.27. The number of imidazole rings is 1. The van der Waals surface area contributed by atoms with E-state index in [2.05, 4.69) is 41.6 Å². The molecule has 1 unspecified atom stereocenters. The average molecular weight is 251 g/mol. The molecular weight excluding hydrogens is 232 g/mol. The zero-order valence-electron chi connectivity index (χ0n) is 10.5. The Morgan fingerprint density at radius 1 is 1.35 bits per heavy atom. The van der Waals surface area contributed by atoms with Crippen molar-refractivity contribution in [1.29, 1.82) is 0 Å². The van der Waals surface area contributed by atoms with Crippen LogP contribution in [0.1, 0.15) is 38.6 Å². The molecule has 92 valence electrons. The predicted molar refractivity (Wildman–Crippen MR) is 73.8 cm³/mol. The number of hydrogen-bond acceptors (Lipinski definition) is 1. The standard InChI is InChI=1S/C14H19ClN2/c1-3-6-11(2)17-13-8-5-4-7-12(13)16-14(17)9-10-15/h4-5,7-8,11H,3,6,9-10H2,1-2H3. The van der Waals surface area contributed by atoms with Crippen molar-refractivity contribution >= 4 is 22.6 Å². The fraction of sp³-hybridized carbons (Fsp3) is 0.500. The maximum absolute atomic E-state index is 5.86. The number of nitrogens with zero attached hydrogens (tertiary/aromatic N) is 2. The van der Waals surface area contributed by atoms with Crippen molar-refractivity contribution in [2.75, 3.05) is 5.88 Å². The number of para-hydroxylation sites is 2. The SMILES string of the molecule is CCCC(C)n1c(CCCl)nc2ccccc21. The minimum Gasteiger partial charge on any atom is -0.325 e. The Morgan fingerprint density at radius 3 is 2.82 bits per heavy atom. The van der Waals surface area contributed by atoms with Gasteiger partial charge in [0.2, 0.25) is 0 Å². The average Bonchev–Trinajstić information content (AvgIpc) is 2.67. The lowest BCUT2D eigenvalue weighted by Gasteiger charge is -2.16. The van der Waals surface area contributed by atoms with Gasteiger partial charge in [0.15, 0.2) is 0 Å². The van der Waals surface area contributed by atoms with Crippen molar-refractivity contribution in [2.45, 2.75) is 39.2 Å². The van der Waals surface area contributed by atoms with Crippen molar-refractivity contribution in [3.8, 4) is 0 Å². The molecule has 0 aliphatic rings. The molecule has 1 atom stereocenters. The molecule has 2 nitrogen and oxygen atoms in total. The van der Waals surface area contributed by atoms with Crippen molar-refractivity contribution < 1.29 is 0 Å². The molecule has 1 aromatic heterocycles. The Bertz CT molecular complexity index is 490. The van der Waals surface area contributed by atoms with E-state index in [1.165, 1.54) is 18.4 Å². The topological polar surface area (TPSA) is 17.8 Å².